The van der Waals surface area contributed by atoms with E-state index in [-0.39, 0.29) is 31.1 Å². The van der Waals surface area contributed by atoms with Gasteiger partial charge in [0.15, 0.2) is 12.4 Å². The van der Waals surface area contributed by atoms with E-state index in [1.165, 1.54) is 0 Å². The summed E-state index contributed by atoms with van der Waals surface area (Å²) in [5.74, 6) is 0.0259. The lowest BCUT2D eigenvalue weighted by molar-refractivity contribution is -0.152. The molecule has 7 nitrogen and oxygen atoms in total. The molecule has 0 atom stereocenters. The molecule has 0 spiro atoms. The predicted octanol–water partition coefficient (Wildman–Crippen LogP) is 2.24. The highest BCUT2D eigenvalue weighted by Gasteiger charge is 2.22. The number of aromatic nitrogens is 1. The lowest BCUT2D eigenvalue weighted by atomic mass is 10.1. The lowest BCUT2D eigenvalue weighted by Gasteiger charge is -2.35. The van der Waals surface area contributed by atoms with Gasteiger partial charge < -0.3 is 14.5 Å². The van der Waals surface area contributed by atoms with Gasteiger partial charge in [-0.15, -0.1) is 0 Å². The number of carbonyl (C=O) groups excluding carboxylic acids is 3. The van der Waals surface area contributed by atoms with E-state index in [0.717, 1.165) is 11.4 Å². The number of pyridine rings is 1. The molecule has 2 heterocycles. The van der Waals surface area contributed by atoms with Gasteiger partial charge in [-0.25, -0.2) is 4.98 Å². The van der Waals surface area contributed by atoms with E-state index < -0.39 is 5.97 Å². The Morgan fingerprint density at radius 1 is 0.966 bits per heavy atom. The number of esters is 1. The van der Waals surface area contributed by atoms with Crippen molar-refractivity contribution < 1.29 is 19.1 Å². The number of ether oxygens (including phenoxy) is 1. The van der Waals surface area contributed by atoms with Crippen molar-refractivity contribution in [2.45, 2.75) is 19.8 Å². The minimum atomic E-state index is -0.536. The zero-order valence-corrected chi connectivity index (χ0v) is 16.5. The van der Waals surface area contributed by atoms with Crippen LogP contribution < -0.4 is 4.90 Å². The number of Topliss-reactive ketones (excluding diaryl/α,β-unsaturated/α-hetero) is 1. The zero-order valence-electron chi connectivity index (χ0n) is 16.5. The highest BCUT2D eigenvalue weighted by atomic mass is 16.5. The zero-order chi connectivity index (χ0) is 20.6. The highest BCUT2D eigenvalue weighted by Crippen LogP contribution is 2.13. The van der Waals surface area contributed by atoms with Crippen LogP contribution in [0.3, 0.4) is 0 Å². The van der Waals surface area contributed by atoms with E-state index in [0.29, 0.717) is 31.7 Å². The van der Waals surface area contributed by atoms with Gasteiger partial charge in [0.2, 0.25) is 0 Å². The fourth-order valence-corrected chi connectivity index (χ4v) is 3.13. The van der Waals surface area contributed by atoms with E-state index in [4.69, 9.17) is 4.74 Å². The van der Waals surface area contributed by atoms with E-state index in [1.807, 2.05) is 37.3 Å². The first-order chi connectivity index (χ1) is 14.0. The third-order valence-corrected chi connectivity index (χ3v) is 4.89. The molecule has 2 aromatic rings. The lowest BCUT2D eigenvalue weighted by Crippen LogP contribution is -2.50. The molecule has 0 radical (unpaired) electrons. The Balaban J connectivity index is 1.36. The molecule has 1 fully saturated rings. The van der Waals surface area contributed by atoms with E-state index in [1.54, 1.807) is 23.2 Å². The molecule has 7 heteroatoms. The van der Waals surface area contributed by atoms with Crippen LogP contribution in [-0.2, 0) is 14.3 Å². The smallest absolute Gasteiger partial charge is 0.306 e. The molecule has 1 amide bonds. The average Bonchev–Trinajstić information content (AvgIpc) is 2.77. The van der Waals surface area contributed by atoms with Gasteiger partial charge in [-0.05, 0) is 19.1 Å². The van der Waals surface area contributed by atoms with Crippen LogP contribution >= 0.6 is 0 Å². The Hall–Kier alpha value is -3.22. The Bertz CT molecular complexity index is 844. The van der Waals surface area contributed by atoms with Gasteiger partial charge in [-0.3, -0.25) is 14.4 Å². The Labute approximate surface area is 170 Å². The number of ketones is 1. The summed E-state index contributed by atoms with van der Waals surface area (Å²) in [5.41, 5.74) is 1.64. The monoisotopic (exact) mass is 395 g/mol. The second-order valence-electron chi connectivity index (χ2n) is 7.01. The SMILES string of the molecule is Cc1ccc(C(=O)CCC(=O)OCC(=O)N2CCN(c3ccccn3)CC2)cc1. The molecule has 0 bridgehead atoms. The standard InChI is InChI=1S/C22H25N3O4/c1-17-5-7-18(8-6-17)19(26)9-10-22(28)29-16-21(27)25-14-12-24(13-15-25)20-4-2-3-11-23-20/h2-8,11H,9-10,12-16H2,1H3. The first-order valence-corrected chi connectivity index (χ1v) is 9.72. The van der Waals surface area contributed by atoms with Crippen LogP contribution in [-0.4, -0.2) is 60.3 Å². The van der Waals surface area contributed by atoms with Crippen molar-refractivity contribution in [2.24, 2.45) is 0 Å². The molecule has 152 valence electrons. The van der Waals surface area contributed by atoms with Crippen molar-refractivity contribution in [3.05, 3.63) is 59.8 Å². The second kappa shape index (κ2) is 9.82. The maximum absolute atomic E-state index is 12.3. The van der Waals surface area contributed by atoms with Crippen molar-refractivity contribution in [2.75, 3.05) is 37.7 Å². The predicted molar refractivity (Wildman–Crippen MR) is 109 cm³/mol. The molecule has 1 aromatic carbocycles. The molecular weight excluding hydrogens is 370 g/mol. The van der Waals surface area contributed by atoms with Crippen molar-refractivity contribution in [3.8, 4) is 0 Å². The number of aryl methyl sites for hydroxylation is 1. The second-order valence-corrected chi connectivity index (χ2v) is 7.01. The molecular formula is C22H25N3O4. The summed E-state index contributed by atoms with van der Waals surface area (Å²) in [6.45, 7) is 4.13. The van der Waals surface area contributed by atoms with E-state index in [2.05, 4.69) is 9.88 Å². The molecule has 1 aliphatic heterocycles. The van der Waals surface area contributed by atoms with Crippen LogP contribution in [0.1, 0.15) is 28.8 Å². The molecule has 1 aromatic heterocycles. The van der Waals surface area contributed by atoms with Gasteiger partial charge in [0.05, 0.1) is 6.42 Å². The number of nitrogens with zero attached hydrogens (tertiary/aromatic N) is 3. The maximum Gasteiger partial charge on any atom is 0.306 e. The molecule has 29 heavy (non-hydrogen) atoms. The van der Waals surface area contributed by atoms with Gasteiger partial charge in [0.1, 0.15) is 5.82 Å². The third-order valence-electron chi connectivity index (χ3n) is 4.89. The van der Waals surface area contributed by atoms with Crippen LogP contribution in [0.2, 0.25) is 0 Å². The van der Waals surface area contributed by atoms with Crippen LogP contribution in [0.15, 0.2) is 48.7 Å². The molecule has 1 aliphatic rings. The minimum Gasteiger partial charge on any atom is -0.456 e. The summed E-state index contributed by atoms with van der Waals surface area (Å²) in [4.78, 5) is 44.4. The van der Waals surface area contributed by atoms with Crippen molar-refractivity contribution in [1.29, 1.82) is 0 Å². The first-order valence-electron chi connectivity index (χ1n) is 9.72. The summed E-state index contributed by atoms with van der Waals surface area (Å²) in [7, 11) is 0. The summed E-state index contributed by atoms with van der Waals surface area (Å²) in [5, 5.41) is 0. The average molecular weight is 395 g/mol. The Kier molecular flexibility index (Phi) is 6.94. The fraction of sp³-hybridized carbons (Fsp3) is 0.364. The number of benzene rings is 1. The van der Waals surface area contributed by atoms with Gasteiger partial charge in [0, 0.05) is 44.4 Å². The van der Waals surface area contributed by atoms with Crippen molar-refractivity contribution >= 4 is 23.5 Å². The molecule has 0 aliphatic carbocycles. The Morgan fingerprint density at radius 3 is 2.34 bits per heavy atom. The number of rotatable bonds is 7. The third kappa shape index (κ3) is 5.88. The topological polar surface area (TPSA) is 79.8 Å². The number of hydrogen-bond donors (Lipinski definition) is 0. The van der Waals surface area contributed by atoms with Gasteiger partial charge in [-0.1, -0.05) is 35.9 Å². The summed E-state index contributed by atoms with van der Waals surface area (Å²) in [6.07, 6.45) is 1.78. The molecule has 0 N–H and O–H groups in total. The van der Waals surface area contributed by atoms with Crippen LogP contribution in [0.5, 0.6) is 0 Å². The number of piperazine rings is 1. The van der Waals surface area contributed by atoms with Gasteiger partial charge in [0.25, 0.3) is 5.91 Å². The number of anilines is 1. The minimum absolute atomic E-state index is 0.0343. The number of amides is 1. The van der Waals surface area contributed by atoms with E-state index >= 15 is 0 Å². The molecule has 0 saturated carbocycles. The molecule has 3 rings (SSSR count). The highest BCUT2D eigenvalue weighted by molar-refractivity contribution is 5.97. The maximum atomic E-state index is 12.3. The summed E-state index contributed by atoms with van der Waals surface area (Å²) < 4.78 is 5.07. The van der Waals surface area contributed by atoms with E-state index in [9.17, 15) is 14.4 Å². The van der Waals surface area contributed by atoms with Crippen LogP contribution in [0.25, 0.3) is 0 Å². The largest absolute Gasteiger partial charge is 0.456 e. The van der Waals surface area contributed by atoms with Crippen molar-refractivity contribution in [1.82, 2.24) is 9.88 Å². The first kappa shape index (κ1) is 20.5. The summed E-state index contributed by atoms with van der Waals surface area (Å²) >= 11 is 0. The van der Waals surface area contributed by atoms with Gasteiger partial charge in [-0.2, -0.15) is 0 Å². The van der Waals surface area contributed by atoms with Crippen LogP contribution in [0, 0.1) is 6.92 Å². The normalized spacial score (nSPS) is 13.8. The summed E-state index contributed by atoms with van der Waals surface area (Å²) in [6, 6.07) is 13.0. The quantitative estimate of drug-likeness (QED) is 0.528. The Morgan fingerprint density at radius 2 is 1.69 bits per heavy atom. The van der Waals surface area contributed by atoms with Crippen molar-refractivity contribution in [3.63, 3.8) is 0 Å². The van der Waals surface area contributed by atoms with Gasteiger partial charge >= 0.3 is 5.97 Å². The molecule has 0 unspecified atom stereocenters. The fourth-order valence-electron chi connectivity index (χ4n) is 3.13. The number of carbonyl (C=O) groups is 3. The number of hydrogen-bond acceptors (Lipinski definition) is 6. The molecule has 1 saturated heterocycles. The van der Waals surface area contributed by atoms with Crippen LogP contribution in [0.4, 0.5) is 5.82 Å².